The Labute approximate surface area is 291 Å². The van der Waals surface area contributed by atoms with E-state index in [-0.39, 0.29) is 0 Å². The molecule has 0 N–H and O–H groups in total. The van der Waals surface area contributed by atoms with Crippen LogP contribution in [0.1, 0.15) is 0 Å². The summed E-state index contributed by atoms with van der Waals surface area (Å²) in [6.07, 6.45) is 3.75. The molecular formula is C44H27N7. The molecule has 0 amide bonds. The zero-order chi connectivity index (χ0) is 33.5. The number of hydrogen-bond acceptors (Lipinski definition) is 4. The average Bonchev–Trinajstić information content (AvgIpc) is 3.89. The van der Waals surface area contributed by atoms with Crippen LogP contribution in [-0.2, 0) is 0 Å². The van der Waals surface area contributed by atoms with Crippen LogP contribution in [0.5, 0.6) is 0 Å². The Hall–Kier alpha value is -7.12. The van der Waals surface area contributed by atoms with Crippen LogP contribution in [0.2, 0.25) is 0 Å². The Bertz CT molecular complexity index is 3140. The second kappa shape index (κ2) is 10.7. The van der Waals surface area contributed by atoms with Gasteiger partial charge in [0.2, 0.25) is 0 Å². The highest BCUT2D eigenvalue weighted by Gasteiger charge is 2.21. The van der Waals surface area contributed by atoms with Crippen LogP contribution in [0.25, 0.3) is 94.3 Å². The molecule has 0 bridgehead atoms. The largest absolute Gasteiger partial charge is 0.309 e. The molecule has 0 aliphatic heterocycles. The zero-order valence-corrected chi connectivity index (χ0v) is 27.2. The van der Waals surface area contributed by atoms with Crippen LogP contribution < -0.4 is 0 Å². The SMILES string of the molecule is c1ccc(-c2nc3nc(-c4cccc(-n5c6ccccc6c6ccc7c(c8ccccc8n7-c7cccnc7)c65)c4)nn3c3ccccc23)cc1. The molecule has 0 radical (unpaired) electrons. The lowest BCUT2D eigenvalue weighted by molar-refractivity contribution is 0.988. The minimum absolute atomic E-state index is 0.565. The maximum absolute atomic E-state index is 5.05. The zero-order valence-electron chi connectivity index (χ0n) is 27.2. The molecule has 5 aromatic heterocycles. The van der Waals surface area contributed by atoms with Gasteiger partial charge in [-0.1, -0.05) is 103 Å². The lowest BCUT2D eigenvalue weighted by Gasteiger charge is -2.11. The molecular weight excluding hydrogens is 627 g/mol. The fourth-order valence-corrected chi connectivity index (χ4v) is 7.82. The molecule has 238 valence electrons. The highest BCUT2D eigenvalue weighted by molar-refractivity contribution is 6.26. The third kappa shape index (κ3) is 4.06. The highest BCUT2D eigenvalue weighted by Crippen LogP contribution is 2.42. The van der Waals surface area contributed by atoms with E-state index in [9.17, 15) is 0 Å². The number of benzene rings is 6. The summed E-state index contributed by atoms with van der Waals surface area (Å²) in [6.45, 7) is 0. The Morgan fingerprint density at radius 2 is 1.16 bits per heavy atom. The van der Waals surface area contributed by atoms with Crippen LogP contribution in [0, 0.1) is 0 Å². The number of para-hydroxylation sites is 3. The first-order chi connectivity index (χ1) is 25.3. The minimum Gasteiger partial charge on any atom is -0.309 e. The van der Waals surface area contributed by atoms with Gasteiger partial charge in [-0.15, -0.1) is 5.10 Å². The van der Waals surface area contributed by atoms with Crippen molar-refractivity contribution < 1.29 is 0 Å². The molecule has 0 aliphatic carbocycles. The van der Waals surface area contributed by atoms with Crippen molar-refractivity contribution in [2.75, 3.05) is 0 Å². The fourth-order valence-electron chi connectivity index (χ4n) is 7.82. The topological polar surface area (TPSA) is 65.8 Å². The smallest absolute Gasteiger partial charge is 0.253 e. The molecule has 5 heterocycles. The van der Waals surface area contributed by atoms with Gasteiger partial charge in [0.25, 0.3) is 5.78 Å². The van der Waals surface area contributed by atoms with Crippen LogP contribution >= 0.6 is 0 Å². The van der Waals surface area contributed by atoms with Gasteiger partial charge in [-0.2, -0.15) is 9.50 Å². The van der Waals surface area contributed by atoms with E-state index in [2.05, 4.69) is 129 Å². The second-order valence-corrected chi connectivity index (χ2v) is 12.8. The van der Waals surface area contributed by atoms with E-state index in [1.165, 1.54) is 21.5 Å². The quantitative estimate of drug-likeness (QED) is 0.190. The maximum atomic E-state index is 5.05. The molecule has 0 fully saturated rings. The van der Waals surface area contributed by atoms with Gasteiger partial charge >= 0.3 is 0 Å². The van der Waals surface area contributed by atoms with E-state index in [1.54, 1.807) is 0 Å². The number of nitrogens with zero attached hydrogens (tertiary/aromatic N) is 7. The molecule has 11 aromatic rings. The Balaban J connectivity index is 1.17. The van der Waals surface area contributed by atoms with Crippen molar-refractivity contribution >= 4 is 60.3 Å². The van der Waals surface area contributed by atoms with Crippen molar-refractivity contribution in [3.05, 3.63) is 164 Å². The fraction of sp³-hybridized carbons (Fsp3) is 0. The van der Waals surface area contributed by atoms with Crippen LogP contribution in [0.4, 0.5) is 0 Å². The van der Waals surface area contributed by atoms with Crippen molar-refractivity contribution in [2.45, 2.75) is 0 Å². The normalized spacial score (nSPS) is 11.9. The van der Waals surface area contributed by atoms with Gasteiger partial charge in [0, 0.05) is 49.9 Å². The molecule has 6 aromatic carbocycles. The van der Waals surface area contributed by atoms with Gasteiger partial charge in [0.15, 0.2) is 5.82 Å². The lowest BCUT2D eigenvalue weighted by atomic mass is 10.1. The first kappa shape index (κ1) is 27.8. The number of pyridine rings is 1. The average molecular weight is 654 g/mol. The predicted molar refractivity (Wildman–Crippen MR) is 206 cm³/mol. The summed E-state index contributed by atoms with van der Waals surface area (Å²) in [5.74, 6) is 1.19. The van der Waals surface area contributed by atoms with Crippen molar-refractivity contribution in [3.63, 3.8) is 0 Å². The minimum atomic E-state index is 0.565. The molecule has 7 nitrogen and oxygen atoms in total. The summed E-state index contributed by atoms with van der Waals surface area (Å²) in [4.78, 5) is 14.5. The first-order valence-electron chi connectivity index (χ1n) is 17.0. The Kier molecular flexibility index (Phi) is 5.83. The monoisotopic (exact) mass is 653 g/mol. The lowest BCUT2D eigenvalue weighted by Crippen LogP contribution is -1.97. The molecule has 0 atom stereocenters. The van der Waals surface area contributed by atoms with Crippen molar-refractivity contribution in [1.82, 2.24) is 33.7 Å². The standard InChI is InChI=1S/C44H27N7/c1-2-12-28(13-3-1)41-35-19-6-9-22-38(35)51-44(46-41)47-43(48-51)29-14-10-15-30(26-29)50-36-20-7-4-17-32(36)33-23-24-39-40(42(33)50)34-18-5-8-21-37(34)49(39)31-16-11-25-45-27-31/h1-27H. The molecule has 51 heavy (non-hydrogen) atoms. The molecule has 0 aliphatic rings. The van der Waals surface area contributed by atoms with Gasteiger partial charge in [0.05, 0.1) is 45.2 Å². The number of aromatic nitrogens is 7. The summed E-state index contributed by atoms with van der Waals surface area (Å²) in [5, 5.41) is 10.9. The summed E-state index contributed by atoms with van der Waals surface area (Å²) in [6, 6.07) is 53.0. The van der Waals surface area contributed by atoms with E-state index < -0.39 is 0 Å². The van der Waals surface area contributed by atoms with E-state index in [0.717, 1.165) is 61.2 Å². The molecule has 0 saturated heterocycles. The van der Waals surface area contributed by atoms with Gasteiger partial charge in [-0.25, -0.2) is 4.98 Å². The van der Waals surface area contributed by atoms with Crippen LogP contribution in [0.3, 0.4) is 0 Å². The molecule has 11 rings (SSSR count). The number of fused-ring (bicyclic) bond motifs is 10. The molecule has 0 unspecified atom stereocenters. The summed E-state index contributed by atoms with van der Waals surface area (Å²) < 4.78 is 6.58. The maximum Gasteiger partial charge on any atom is 0.253 e. The van der Waals surface area contributed by atoms with Gasteiger partial charge in [-0.3, -0.25) is 4.98 Å². The number of rotatable bonds is 4. The predicted octanol–water partition coefficient (Wildman–Crippen LogP) is 10.2. The summed E-state index contributed by atoms with van der Waals surface area (Å²) >= 11 is 0. The van der Waals surface area contributed by atoms with Gasteiger partial charge in [0.1, 0.15) is 0 Å². The van der Waals surface area contributed by atoms with E-state index >= 15 is 0 Å². The van der Waals surface area contributed by atoms with Crippen molar-refractivity contribution in [3.8, 4) is 34.0 Å². The third-order valence-corrected chi connectivity index (χ3v) is 9.97. The van der Waals surface area contributed by atoms with Crippen molar-refractivity contribution in [2.24, 2.45) is 0 Å². The Morgan fingerprint density at radius 1 is 0.451 bits per heavy atom. The van der Waals surface area contributed by atoms with Gasteiger partial charge < -0.3 is 9.13 Å². The molecule has 7 heteroatoms. The van der Waals surface area contributed by atoms with Gasteiger partial charge in [-0.05, 0) is 48.5 Å². The molecule has 0 saturated carbocycles. The molecule has 0 spiro atoms. The van der Waals surface area contributed by atoms with Crippen LogP contribution in [0.15, 0.2) is 164 Å². The second-order valence-electron chi connectivity index (χ2n) is 12.8. The summed E-state index contributed by atoms with van der Waals surface area (Å²) in [7, 11) is 0. The summed E-state index contributed by atoms with van der Waals surface area (Å²) in [5.41, 5.74) is 10.5. The van der Waals surface area contributed by atoms with Crippen LogP contribution in [-0.4, -0.2) is 33.7 Å². The van der Waals surface area contributed by atoms with Crippen molar-refractivity contribution in [1.29, 1.82) is 0 Å². The van der Waals surface area contributed by atoms with E-state index in [0.29, 0.717) is 11.6 Å². The number of hydrogen-bond donors (Lipinski definition) is 0. The van der Waals surface area contributed by atoms with E-state index in [1.807, 2.05) is 53.3 Å². The third-order valence-electron chi connectivity index (χ3n) is 9.97. The first-order valence-corrected chi connectivity index (χ1v) is 17.0. The highest BCUT2D eigenvalue weighted by atomic mass is 15.3. The Morgan fingerprint density at radius 3 is 1.98 bits per heavy atom. The van der Waals surface area contributed by atoms with E-state index in [4.69, 9.17) is 15.1 Å².